The number of anilines is 2. The normalized spacial score (nSPS) is 18.7. The van der Waals surface area contributed by atoms with E-state index in [0.717, 1.165) is 31.7 Å². The van der Waals surface area contributed by atoms with Crippen LogP contribution in [-0.2, 0) is 0 Å². The van der Waals surface area contributed by atoms with E-state index in [0.29, 0.717) is 23.6 Å². The van der Waals surface area contributed by atoms with Crippen LogP contribution < -0.4 is 15.4 Å². The third-order valence-corrected chi connectivity index (χ3v) is 3.52. The Balaban J connectivity index is 2.16. The first-order valence-electron chi connectivity index (χ1n) is 6.52. The molecule has 0 amide bonds. The highest BCUT2D eigenvalue weighted by molar-refractivity contribution is 5.67. The number of aromatic nitrogens is 2. The number of rotatable bonds is 3. The molecule has 0 radical (unpaired) electrons. The molecule has 100 valence electrons. The average molecular weight is 250 g/mol. The summed E-state index contributed by atoms with van der Waals surface area (Å²) in [6, 6.07) is 0. The van der Waals surface area contributed by atoms with Crippen LogP contribution in [0.3, 0.4) is 0 Å². The van der Waals surface area contributed by atoms with Crippen molar-refractivity contribution >= 4 is 11.5 Å². The number of nitrogens with two attached hydrogens (primary N) is 1. The number of ether oxygens (including phenoxy) is 1. The zero-order valence-electron chi connectivity index (χ0n) is 11.4. The maximum Gasteiger partial charge on any atom is 0.242 e. The number of hydrogen-bond acceptors (Lipinski definition) is 5. The lowest BCUT2D eigenvalue weighted by Crippen LogP contribution is -2.38. The quantitative estimate of drug-likeness (QED) is 0.889. The number of piperidine rings is 1. The van der Waals surface area contributed by atoms with Crippen molar-refractivity contribution in [3.8, 4) is 5.88 Å². The molecule has 0 aliphatic carbocycles. The van der Waals surface area contributed by atoms with Gasteiger partial charge in [0.25, 0.3) is 0 Å². The van der Waals surface area contributed by atoms with Gasteiger partial charge >= 0.3 is 0 Å². The van der Waals surface area contributed by atoms with Crippen LogP contribution in [-0.4, -0.2) is 29.7 Å². The van der Waals surface area contributed by atoms with Crippen LogP contribution in [0, 0.1) is 5.41 Å². The van der Waals surface area contributed by atoms with Crippen LogP contribution in [0.15, 0.2) is 6.33 Å². The van der Waals surface area contributed by atoms with Crippen LogP contribution in [0.5, 0.6) is 5.88 Å². The number of nitrogens with zero attached hydrogens (tertiary/aromatic N) is 3. The van der Waals surface area contributed by atoms with Crippen molar-refractivity contribution in [2.75, 3.05) is 30.3 Å². The minimum Gasteiger partial charge on any atom is -0.476 e. The topological polar surface area (TPSA) is 64.3 Å². The molecule has 5 heteroatoms. The standard InChI is InChI=1S/C13H22N4O/c1-4-18-12-10(14)11(15-9-16-12)17-7-5-13(2,3)6-8-17/h9H,4-8,14H2,1-3H3. The summed E-state index contributed by atoms with van der Waals surface area (Å²) in [5, 5.41) is 0. The zero-order valence-corrected chi connectivity index (χ0v) is 11.4. The summed E-state index contributed by atoms with van der Waals surface area (Å²) in [7, 11) is 0. The Morgan fingerprint density at radius 1 is 1.33 bits per heavy atom. The molecule has 1 aliphatic rings. The van der Waals surface area contributed by atoms with E-state index in [1.54, 1.807) is 0 Å². The van der Waals surface area contributed by atoms with Crippen molar-refractivity contribution in [1.29, 1.82) is 0 Å². The highest BCUT2D eigenvalue weighted by Crippen LogP contribution is 2.35. The van der Waals surface area contributed by atoms with Gasteiger partial charge in [0.15, 0.2) is 5.82 Å². The van der Waals surface area contributed by atoms with Gasteiger partial charge in [0.05, 0.1) is 6.61 Å². The van der Waals surface area contributed by atoms with E-state index in [1.165, 1.54) is 6.33 Å². The summed E-state index contributed by atoms with van der Waals surface area (Å²) in [5.41, 5.74) is 7.05. The van der Waals surface area contributed by atoms with E-state index >= 15 is 0 Å². The molecule has 1 fully saturated rings. The lowest BCUT2D eigenvalue weighted by Gasteiger charge is -2.37. The third kappa shape index (κ3) is 2.66. The monoisotopic (exact) mass is 250 g/mol. The summed E-state index contributed by atoms with van der Waals surface area (Å²) in [6.45, 7) is 9.07. The van der Waals surface area contributed by atoms with Gasteiger partial charge in [-0.3, -0.25) is 0 Å². The summed E-state index contributed by atoms with van der Waals surface area (Å²) in [5.74, 6) is 1.30. The van der Waals surface area contributed by atoms with Gasteiger partial charge in [-0.25, -0.2) is 4.98 Å². The molecule has 1 aliphatic heterocycles. The van der Waals surface area contributed by atoms with Gasteiger partial charge in [-0.05, 0) is 25.2 Å². The fourth-order valence-electron chi connectivity index (χ4n) is 2.20. The minimum absolute atomic E-state index is 0.418. The van der Waals surface area contributed by atoms with Crippen molar-refractivity contribution in [2.45, 2.75) is 33.6 Å². The van der Waals surface area contributed by atoms with Crippen molar-refractivity contribution in [1.82, 2.24) is 9.97 Å². The van der Waals surface area contributed by atoms with Gasteiger partial charge < -0.3 is 15.4 Å². The molecule has 1 aromatic rings. The highest BCUT2D eigenvalue weighted by Gasteiger charge is 2.27. The Bertz CT molecular complexity index is 409. The molecule has 2 N–H and O–H groups in total. The molecule has 5 nitrogen and oxygen atoms in total. The second-order valence-electron chi connectivity index (χ2n) is 5.50. The van der Waals surface area contributed by atoms with E-state index in [4.69, 9.17) is 10.5 Å². The molecule has 2 heterocycles. The molecule has 0 bridgehead atoms. The zero-order chi connectivity index (χ0) is 13.2. The molecule has 1 saturated heterocycles. The van der Waals surface area contributed by atoms with Gasteiger partial charge in [0.1, 0.15) is 12.0 Å². The molecule has 0 unspecified atom stereocenters. The molecule has 1 aromatic heterocycles. The van der Waals surface area contributed by atoms with E-state index in [2.05, 4.69) is 28.7 Å². The maximum absolute atomic E-state index is 6.08. The predicted octanol–water partition coefficient (Wildman–Crippen LogP) is 2.08. The number of nitrogen functional groups attached to an aromatic ring is 1. The molecule has 0 spiro atoms. The Hall–Kier alpha value is -1.52. The van der Waals surface area contributed by atoms with Crippen LogP contribution in [0.25, 0.3) is 0 Å². The largest absolute Gasteiger partial charge is 0.476 e. The summed E-state index contributed by atoms with van der Waals surface area (Å²) < 4.78 is 5.41. The van der Waals surface area contributed by atoms with Gasteiger partial charge in [-0.1, -0.05) is 13.8 Å². The molecule has 0 aromatic carbocycles. The van der Waals surface area contributed by atoms with Crippen molar-refractivity contribution in [3.05, 3.63) is 6.33 Å². The Morgan fingerprint density at radius 3 is 2.61 bits per heavy atom. The van der Waals surface area contributed by atoms with Gasteiger partial charge in [0, 0.05) is 13.1 Å². The molecule has 0 atom stereocenters. The van der Waals surface area contributed by atoms with Crippen LogP contribution in [0.4, 0.5) is 11.5 Å². The summed E-state index contributed by atoms with van der Waals surface area (Å²) in [4.78, 5) is 10.6. The fraction of sp³-hybridized carbons (Fsp3) is 0.692. The van der Waals surface area contributed by atoms with E-state index in [9.17, 15) is 0 Å². The minimum atomic E-state index is 0.418. The Kier molecular flexibility index (Phi) is 3.59. The molecular weight excluding hydrogens is 228 g/mol. The van der Waals surface area contributed by atoms with Crippen LogP contribution in [0.2, 0.25) is 0 Å². The third-order valence-electron chi connectivity index (χ3n) is 3.52. The van der Waals surface area contributed by atoms with Crippen molar-refractivity contribution < 1.29 is 4.74 Å². The maximum atomic E-state index is 6.08. The van der Waals surface area contributed by atoms with E-state index in [-0.39, 0.29) is 0 Å². The second kappa shape index (κ2) is 5.00. The first kappa shape index (κ1) is 12.9. The molecular formula is C13H22N4O. The molecule has 18 heavy (non-hydrogen) atoms. The predicted molar refractivity (Wildman–Crippen MR) is 72.8 cm³/mol. The van der Waals surface area contributed by atoms with E-state index in [1.807, 2.05) is 6.92 Å². The van der Waals surface area contributed by atoms with Crippen molar-refractivity contribution in [3.63, 3.8) is 0 Å². The first-order valence-corrected chi connectivity index (χ1v) is 6.52. The fourth-order valence-corrected chi connectivity index (χ4v) is 2.20. The first-order chi connectivity index (χ1) is 8.53. The van der Waals surface area contributed by atoms with Gasteiger partial charge in [0.2, 0.25) is 5.88 Å². The highest BCUT2D eigenvalue weighted by atomic mass is 16.5. The lowest BCUT2D eigenvalue weighted by atomic mass is 9.83. The lowest BCUT2D eigenvalue weighted by molar-refractivity contribution is 0.279. The van der Waals surface area contributed by atoms with Crippen LogP contribution >= 0.6 is 0 Å². The summed E-state index contributed by atoms with van der Waals surface area (Å²) >= 11 is 0. The van der Waals surface area contributed by atoms with Gasteiger partial charge in [-0.2, -0.15) is 4.98 Å². The molecule has 2 rings (SSSR count). The van der Waals surface area contributed by atoms with Crippen molar-refractivity contribution in [2.24, 2.45) is 5.41 Å². The van der Waals surface area contributed by atoms with E-state index < -0.39 is 0 Å². The van der Waals surface area contributed by atoms with Gasteiger partial charge in [-0.15, -0.1) is 0 Å². The van der Waals surface area contributed by atoms with Crippen LogP contribution in [0.1, 0.15) is 33.6 Å². The summed E-state index contributed by atoms with van der Waals surface area (Å²) in [6.07, 6.45) is 3.83. The second-order valence-corrected chi connectivity index (χ2v) is 5.50. The Labute approximate surface area is 108 Å². The molecule has 0 saturated carbocycles. The number of hydrogen-bond donors (Lipinski definition) is 1. The Morgan fingerprint density at radius 2 is 2.00 bits per heavy atom. The SMILES string of the molecule is CCOc1ncnc(N2CCC(C)(C)CC2)c1N. The smallest absolute Gasteiger partial charge is 0.242 e. The average Bonchev–Trinajstić information content (AvgIpc) is 2.33.